The molecule has 0 spiro atoms. The lowest BCUT2D eigenvalue weighted by Gasteiger charge is -2.37. The van der Waals surface area contributed by atoms with Gasteiger partial charge in [0.25, 0.3) is 0 Å². The Balaban J connectivity index is 3.51. The van der Waals surface area contributed by atoms with Gasteiger partial charge in [0.15, 0.2) is 0 Å². The zero-order valence-electron chi connectivity index (χ0n) is 22.2. The highest BCUT2D eigenvalue weighted by molar-refractivity contribution is 7.80. The second kappa shape index (κ2) is 12.5. The van der Waals surface area contributed by atoms with Crippen LogP contribution in [0.2, 0.25) is 0 Å². The average molecular weight is 494 g/mol. The van der Waals surface area contributed by atoms with E-state index >= 15 is 0 Å². The van der Waals surface area contributed by atoms with Crippen molar-refractivity contribution in [1.82, 2.24) is 15.5 Å². The molecule has 1 aromatic rings. The van der Waals surface area contributed by atoms with Crippen molar-refractivity contribution in [3.63, 3.8) is 0 Å². The van der Waals surface area contributed by atoms with Gasteiger partial charge in [0.05, 0.1) is 0 Å². The van der Waals surface area contributed by atoms with Gasteiger partial charge in [-0.15, -0.1) is 0 Å². The molecule has 1 aromatic carbocycles. The molecular formula is C26H43N3O4S. The minimum Gasteiger partial charge on any atom is -0.444 e. The summed E-state index contributed by atoms with van der Waals surface area (Å²) in [6.07, 6.45) is 0.856. The van der Waals surface area contributed by atoms with Crippen molar-refractivity contribution < 1.29 is 19.1 Å². The average Bonchev–Trinajstić information content (AvgIpc) is 2.67. The van der Waals surface area contributed by atoms with Crippen molar-refractivity contribution in [1.29, 1.82) is 0 Å². The summed E-state index contributed by atoms with van der Waals surface area (Å²) in [5.74, 6) is -0.559. The maximum absolute atomic E-state index is 13.8. The number of rotatable bonds is 9. The zero-order chi connectivity index (χ0) is 26.3. The van der Waals surface area contributed by atoms with Crippen LogP contribution in [0.15, 0.2) is 18.2 Å². The van der Waals surface area contributed by atoms with Crippen LogP contribution in [0, 0.1) is 13.8 Å². The molecule has 7 nitrogen and oxygen atoms in total. The number of ether oxygens (including phenoxy) is 1. The van der Waals surface area contributed by atoms with Gasteiger partial charge in [0.2, 0.25) is 11.8 Å². The van der Waals surface area contributed by atoms with E-state index in [-0.39, 0.29) is 17.6 Å². The predicted octanol–water partition coefficient (Wildman–Crippen LogP) is 4.71. The summed E-state index contributed by atoms with van der Waals surface area (Å²) in [5, 5.41) is 5.69. The van der Waals surface area contributed by atoms with Crippen LogP contribution in [0.4, 0.5) is 4.79 Å². The van der Waals surface area contributed by atoms with Gasteiger partial charge < -0.3 is 20.3 Å². The number of thiol groups is 1. The van der Waals surface area contributed by atoms with Gasteiger partial charge in [-0.2, -0.15) is 12.6 Å². The first-order chi connectivity index (χ1) is 15.6. The van der Waals surface area contributed by atoms with Crippen LogP contribution in [-0.2, 0) is 14.3 Å². The van der Waals surface area contributed by atoms with Gasteiger partial charge in [-0.05, 0) is 78.5 Å². The number of alkyl carbamates (subject to hydrolysis) is 1. The predicted molar refractivity (Wildman–Crippen MR) is 140 cm³/mol. The van der Waals surface area contributed by atoms with Crippen molar-refractivity contribution >= 4 is 30.5 Å². The number of hydrogen-bond donors (Lipinski definition) is 3. The summed E-state index contributed by atoms with van der Waals surface area (Å²) in [6.45, 7) is 17.3. The molecule has 2 atom stereocenters. The summed E-state index contributed by atoms with van der Waals surface area (Å²) in [5.41, 5.74) is 1.45. The molecule has 8 heteroatoms. The summed E-state index contributed by atoms with van der Waals surface area (Å²) < 4.78 is 5.34. The van der Waals surface area contributed by atoms with E-state index in [1.165, 1.54) is 0 Å². The molecule has 0 aliphatic carbocycles. The van der Waals surface area contributed by atoms with Gasteiger partial charge in [-0.1, -0.05) is 31.5 Å². The van der Waals surface area contributed by atoms with Gasteiger partial charge in [0.1, 0.15) is 17.7 Å². The minimum atomic E-state index is -0.940. The monoisotopic (exact) mass is 493 g/mol. The van der Waals surface area contributed by atoms with E-state index < -0.39 is 29.3 Å². The topological polar surface area (TPSA) is 87.7 Å². The van der Waals surface area contributed by atoms with Crippen LogP contribution in [0.5, 0.6) is 0 Å². The van der Waals surface area contributed by atoms with Gasteiger partial charge in [-0.3, -0.25) is 9.59 Å². The first-order valence-corrected chi connectivity index (χ1v) is 12.5. The third-order valence-corrected chi connectivity index (χ3v) is 5.45. The maximum Gasteiger partial charge on any atom is 0.408 e. The van der Waals surface area contributed by atoms with Crippen LogP contribution in [-0.4, -0.2) is 52.3 Å². The molecule has 0 radical (unpaired) electrons. The summed E-state index contributed by atoms with van der Waals surface area (Å²) in [4.78, 5) is 41.5. The number of benzene rings is 1. The molecule has 192 valence electrons. The number of carbonyl (C=O) groups is 3. The molecule has 0 saturated heterocycles. The lowest BCUT2D eigenvalue weighted by atomic mass is 9.92. The van der Waals surface area contributed by atoms with Crippen LogP contribution in [0.25, 0.3) is 0 Å². The molecule has 0 saturated carbocycles. The Labute approximate surface area is 210 Å². The minimum absolute atomic E-state index is 0.0705. The molecule has 0 aliphatic heterocycles. The maximum atomic E-state index is 13.8. The summed E-state index contributed by atoms with van der Waals surface area (Å²) in [7, 11) is 0. The first kappa shape index (κ1) is 29.8. The second-order valence-corrected chi connectivity index (χ2v) is 11.1. The number of hydrogen-bond acceptors (Lipinski definition) is 5. The highest BCUT2D eigenvalue weighted by atomic mass is 32.1. The molecule has 0 heterocycles. The fourth-order valence-corrected chi connectivity index (χ4v) is 3.90. The van der Waals surface area contributed by atoms with Gasteiger partial charge in [0, 0.05) is 17.8 Å². The third kappa shape index (κ3) is 9.20. The van der Waals surface area contributed by atoms with Crippen molar-refractivity contribution in [2.75, 3.05) is 12.3 Å². The van der Waals surface area contributed by atoms with E-state index in [0.717, 1.165) is 23.1 Å². The molecular weight excluding hydrogens is 450 g/mol. The Hall–Kier alpha value is -2.22. The lowest BCUT2D eigenvalue weighted by Crippen LogP contribution is -2.55. The van der Waals surface area contributed by atoms with Gasteiger partial charge in [-0.25, -0.2) is 4.79 Å². The van der Waals surface area contributed by atoms with Crippen LogP contribution < -0.4 is 10.6 Å². The molecule has 34 heavy (non-hydrogen) atoms. The van der Waals surface area contributed by atoms with Crippen molar-refractivity contribution in [3.8, 4) is 0 Å². The molecule has 0 aliphatic rings. The second-order valence-electron chi connectivity index (χ2n) is 10.7. The Morgan fingerprint density at radius 2 is 1.62 bits per heavy atom. The highest BCUT2D eigenvalue weighted by Gasteiger charge is 2.37. The van der Waals surface area contributed by atoms with E-state index in [2.05, 4.69) is 23.3 Å². The number of aryl methyl sites for hydroxylation is 2. The van der Waals surface area contributed by atoms with Gasteiger partial charge >= 0.3 is 6.09 Å². The largest absolute Gasteiger partial charge is 0.444 e. The molecule has 1 rings (SSSR count). The van der Waals surface area contributed by atoms with E-state index in [1.807, 2.05) is 59.7 Å². The standard InChI is InChI=1S/C26H43N3O4S/c1-10-11-15-29(23(31)19(16-34)27-24(32)33-26(7,8)9)21(22(30)28-25(4,5)6)20-17(2)13-12-14-18(20)3/h12-14,19,21,34H,10-11,15-16H2,1-9H3,(H,27,32)(H,28,30). The van der Waals surface area contributed by atoms with E-state index in [9.17, 15) is 14.4 Å². The van der Waals surface area contributed by atoms with Crippen molar-refractivity contribution in [2.45, 2.75) is 98.4 Å². The smallest absolute Gasteiger partial charge is 0.408 e. The third-order valence-electron chi connectivity index (χ3n) is 5.08. The molecule has 0 bridgehead atoms. The van der Waals surface area contributed by atoms with Crippen LogP contribution in [0.1, 0.15) is 84.0 Å². The lowest BCUT2D eigenvalue weighted by molar-refractivity contribution is -0.142. The SMILES string of the molecule is CCCCN(C(=O)C(CS)NC(=O)OC(C)(C)C)C(C(=O)NC(C)(C)C)c1c(C)cccc1C. The fraction of sp³-hybridized carbons (Fsp3) is 0.654. The Bertz CT molecular complexity index is 838. The molecule has 2 N–H and O–H groups in total. The molecule has 0 aromatic heterocycles. The number of nitrogens with zero attached hydrogens (tertiary/aromatic N) is 1. The first-order valence-electron chi connectivity index (χ1n) is 11.9. The number of unbranched alkanes of at least 4 members (excludes halogenated alkanes) is 1. The fourth-order valence-electron chi connectivity index (χ4n) is 3.66. The highest BCUT2D eigenvalue weighted by Crippen LogP contribution is 2.29. The molecule has 0 fully saturated rings. The van der Waals surface area contributed by atoms with Crippen molar-refractivity contribution in [2.24, 2.45) is 0 Å². The zero-order valence-corrected chi connectivity index (χ0v) is 23.1. The number of carbonyl (C=O) groups excluding carboxylic acids is 3. The number of nitrogens with one attached hydrogen (secondary N) is 2. The Morgan fingerprint density at radius 1 is 1.06 bits per heavy atom. The van der Waals surface area contributed by atoms with E-state index in [0.29, 0.717) is 13.0 Å². The Kier molecular flexibility index (Phi) is 10.9. The van der Waals surface area contributed by atoms with Crippen LogP contribution >= 0.6 is 12.6 Å². The quantitative estimate of drug-likeness (QED) is 0.435. The Morgan fingerprint density at radius 3 is 2.06 bits per heavy atom. The van der Waals surface area contributed by atoms with E-state index in [1.54, 1.807) is 25.7 Å². The number of amides is 3. The summed E-state index contributed by atoms with van der Waals surface area (Å²) >= 11 is 4.33. The molecule has 3 amide bonds. The van der Waals surface area contributed by atoms with Crippen molar-refractivity contribution in [3.05, 3.63) is 34.9 Å². The normalized spacial score (nSPS) is 13.6. The van der Waals surface area contributed by atoms with Crippen LogP contribution in [0.3, 0.4) is 0 Å². The van der Waals surface area contributed by atoms with E-state index in [4.69, 9.17) is 4.74 Å². The summed E-state index contributed by atoms with van der Waals surface area (Å²) in [6, 6.07) is 4.03. The molecule has 2 unspecified atom stereocenters.